The topological polar surface area (TPSA) is 99.6 Å². The minimum absolute atomic E-state index is 0.438. The Morgan fingerprint density at radius 2 is 2.04 bits per heavy atom. The summed E-state index contributed by atoms with van der Waals surface area (Å²) in [6, 6.07) is 5.98. The van der Waals surface area contributed by atoms with E-state index in [0.717, 1.165) is 60.9 Å². The number of benzene rings is 1. The van der Waals surface area contributed by atoms with Crippen molar-refractivity contribution in [2.45, 2.75) is 12.8 Å². The number of hydrogen-bond donors (Lipinski definition) is 3. The van der Waals surface area contributed by atoms with Gasteiger partial charge in [-0.25, -0.2) is 0 Å². The van der Waals surface area contributed by atoms with E-state index < -0.39 is 5.91 Å². The Labute approximate surface area is 151 Å². The van der Waals surface area contributed by atoms with Crippen molar-refractivity contribution in [2.75, 3.05) is 39.1 Å². The maximum absolute atomic E-state index is 11.5. The quantitative estimate of drug-likeness (QED) is 0.757. The van der Waals surface area contributed by atoms with Crippen LogP contribution >= 0.6 is 11.3 Å². The molecule has 6 nitrogen and oxygen atoms in total. The van der Waals surface area contributed by atoms with Crippen molar-refractivity contribution in [3.8, 4) is 16.2 Å². The number of nitrogens with two attached hydrogens (primary N) is 2. The molecule has 7 heteroatoms. The normalized spacial score (nSPS) is 15.4. The van der Waals surface area contributed by atoms with E-state index in [1.54, 1.807) is 7.11 Å². The fourth-order valence-electron chi connectivity index (χ4n) is 3.11. The number of carbonyl (C=O) groups excluding carboxylic acids is 1. The zero-order valence-corrected chi connectivity index (χ0v) is 15.1. The lowest BCUT2D eigenvalue weighted by atomic mass is 9.89. The Morgan fingerprint density at radius 3 is 2.60 bits per heavy atom. The summed E-state index contributed by atoms with van der Waals surface area (Å²) in [6.45, 7) is 3.83. The highest BCUT2D eigenvalue weighted by Gasteiger charge is 2.26. The second-order valence-corrected chi connectivity index (χ2v) is 6.95. The van der Waals surface area contributed by atoms with Crippen LogP contribution in [-0.4, -0.2) is 39.3 Å². The maximum Gasteiger partial charge on any atom is 0.251 e. The van der Waals surface area contributed by atoms with Crippen LogP contribution in [0.4, 0.5) is 5.00 Å². The number of hydrogen-bond acceptors (Lipinski definition) is 6. The second-order valence-electron chi connectivity index (χ2n) is 5.90. The van der Waals surface area contributed by atoms with E-state index >= 15 is 0 Å². The second kappa shape index (κ2) is 7.86. The first-order valence-corrected chi connectivity index (χ1v) is 9.10. The van der Waals surface area contributed by atoms with Gasteiger partial charge >= 0.3 is 0 Å². The molecule has 1 aliphatic carbocycles. The zero-order valence-electron chi connectivity index (χ0n) is 14.3. The largest absolute Gasteiger partial charge is 0.497 e. The lowest BCUT2D eigenvalue weighted by Gasteiger charge is -2.17. The van der Waals surface area contributed by atoms with Crippen LogP contribution in [0.2, 0.25) is 0 Å². The molecule has 0 saturated carbocycles. The third-order valence-electron chi connectivity index (χ3n) is 4.33. The minimum Gasteiger partial charge on any atom is -0.497 e. The molecule has 1 aromatic carbocycles. The lowest BCUT2D eigenvalue weighted by Crippen LogP contribution is -2.30. The van der Waals surface area contributed by atoms with Crippen LogP contribution < -0.4 is 21.5 Å². The van der Waals surface area contributed by atoms with Crippen LogP contribution in [0.5, 0.6) is 5.75 Å². The molecule has 0 atom stereocenters. The summed E-state index contributed by atoms with van der Waals surface area (Å²) in [5, 5.41) is 3.67. The summed E-state index contributed by atoms with van der Waals surface area (Å²) in [6.07, 6.45) is 1.66. The summed E-state index contributed by atoms with van der Waals surface area (Å²) in [5.41, 5.74) is 15.2. The molecule has 1 amide bonds. The number of aryl methyl sites for hydroxylation is 1. The zero-order chi connectivity index (χ0) is 17.8. The van der Waals surface area contributed by atoms with Gasteiger partial charge in [0.1, 0.15) is 5.75 Å². The molecule has 0 spiro atoms. The number of morpholine rings is 1. The van der Waals surface area contributed by atoms with Gasteiger partial charge in [-0.1, -0.05) is 0 Å². The summed E-state index contributed by atoms with van der Waals surface area (Å²) in [7, 11) is 1.66. The molecule has 1 aromatic heterocycles. The van der Waals surface area contributed by atoms with E-state index in [0.29, 0.717) is 10.6 Å². The summed E-state index contributed by atoms with van der Waals surface area (Å²) in [4.78, 5) is 12.6. The molecular weight excluding hydrogens is 338 g/mol. The Morgan fingerprint density at radius 1 is 1.28 bits per heavy atom. The molecule has 5 N–H and O–H groups in total. The summed E-state index contributed by atoms with van der Waals surface area (Å²) >= 11 is 1.44. The minimum atomic E-state index is -0.438. The van der Waals surface area contributed by atoms with Crippen LogP contribution in [0.25, 0.3) is 10.4 Å². The molecule has 1 aliphatic heterocycles. The van der Waals surface area contributed by atoms with E-state index in [2.05, 4.69) is 5.32 Å². The molecule has 134 valence electrons. The number of primary amides is 1. The molecule has 2 heterocycles. The van der Waals surface area contributed by atoms with Gasteiger partial charge in [0.05, 0.1) is 30.9 Å². The fourth-order valence-corrected chi connectivity index (χ4v) is 4.29. The highest BCUT2D eigenvalue weighted by Crippen LogP contribution is 2.44. The number of thiophene rings is 1. The number of anilines is 1. The monoisotopic (exact) mass is 361 g/mol. The predicted octanol–water partition coefficient (Wildman–Crippen LogP) is 1.81. The standard InChI is InChI=1S/C14H14N2O2S.C4H9NO/c1-18-8-3-5-9-7(6-8)2-4-10-11(13(15)17)14(16)19-12(9)10;1-3-6-4-2-5-1/h3,5-6H,2,4,16H2,1H3,(H2,15,17);5H,1-4H2. The molecule has 0 bridgehead atoms. The van der Waals surface area contributed by atoms with Crippen molar-refractivity contribution >= 4 is 22.2 Å². The number of nitrogens with one attached hydrogen (secondary N) is 1. The number of fused-ring (bicyclic) bond motifs is 3. The first kappa shape index (κ1) is 17.7. The number of rotatable bonds is 2. The smallest absolute Gasteiger partial charge is 0.251 e. The average molecular weight is 361 g/mol. The molecule has 25 heavy (non-hydrogen) atoms. The van der Waals surface area contributed by atoms with Crippen molar-refractivity contribution in [3.05, 3.63) is 34.9 Å². The van der Waals surface area contributed by atoms with Gasteiger partial charge in [0, 0.05) is 18.0 Å². The molecule has 1 saturated heterocycles. The van der Waals surface area contributed by atoms with Crippen molar-refractivity contribution in [1.82, 2.24) is 5.32 Å². The molecule has 2 aliphatic rings. The van der Waals surface area contributed by atoms with Crippen LogP contribution in [0, 0.1) is 0 Å². The maximum atomic E-state index is 11.5. The van der Waals surface area contributed by atoms with E-state index in [4.69, 9.17) is 20.9 Å². The van der Waals surface area contributed by atoms with E-state index in [9.17, 15) is 4.79 Å². The number of amides is 1. The van der Waals surface area contributed by atoms with Gasteiger partial charge in [0.2, 0.25) is 0 Å². The van der Waals surface area contributed by atoms with Gasteiger partial charge < -0.3 is 26.3 Å². The van der Waals surface area contributed by atoms with Crippen molar-refractivity contribution < 1.29 is 14.3 Å². The first-order chi connectivity index (χ1) is 12.1. The lowest BCUT2D eigenvalue weighted by molar-refractivity contribution is 0.100. The van der Waals surface area contributed by atoms with Crippen LogP contribution in [0.15, 0.2) is 18.2 Å². The molecule has 4 rings (SSSR count). The van der Waals surface area contributed by atoms with Crippen LogP contribution in [0.3, 0.4) is 0 Å². The van der Waals surface area contributed by atoms with Gasteiger partial charge in [-0.2, -0.15) is 0 Å². The molecule has 0 unspecified atom stereocenters. The molecule has 0 radical (unpaired) electrons. The highest BCUT2D eigenvalue weighted by molar-refractivity contribution is 7.20. The van der Waals surface area contributed by atoms with Gasteiger partial charge in [0.25, 0.3) is 5.91 Å². The Balaban J connectivity index is 0.000000258. The first-order valence-electron chi connectivity index (χ1n) is 8.28. The third kappa shape index (κ3) is 3.78. The van der Waals surface area contributed by atoms with E-state index in [-0.39, 0.29) is 0 Å². The van der Waals surface area contributed by atoms with Crippen molar-refractivity contribution in [1.29, 1.82) is 0 Å². The van der Waals surface area contributed by atoms with Gasteiger partial charge in [-0.3, -0.25) is 4.79 Å². The average Bonchev–Trinajstić information content (AvgIpc) is 2.99. The third-order valence-corrected chi connectivity index (χ3v) is 5.42. The van der Waals surface area contributed by atoms with E-state index in [1.807, 2.05) is 18.2 Å². The number of nitrogen functional groups attached to an aromatic ring is 1. The van der Waals surface area contributed by atoms with Crippen molar-refractivity contribution in [3.63, 3.8) is 0 Å². The van der Waals surface area contributed by atoms with E-state index in [1.165, 1.54) is 16.9 Å². The van der Waals surface area contributed by atoms with Crippen LogP contribution in [-0.2, 0) is 17.6 Å². The molecule has 1 fully saturated rings. The predicted molar refractivity (Wildman–Crippen MR) is 100 cm³/mol. The Hall–Kier alpha value is -2.09. The van der Waals surface area contributed by atoms with Gasteiger partial charge in [-0.05, 0) is 47.7 Å². The summed E-state index contributed by atoms with van der Waals surface area (Å²) < 4.78 is 10.2. The number of ether oxygens (including phenoxy) is 2. The van der Waals surface area contributed by atoms with Crippen LogP contribution in [0.1, 0.15) is 21.5 Å². The van der Waals surface area contributed by atoms with Crippen molar-refractivity contribution in [2.24, 2.45) is 5.73 Å². The number of carbonyl (C=O) groups is 1. The van der Waals surface area contributed by atoms with Gasteiger partial charge in [0.15, 0.2) is 0 Å². The summed E-state index contributed by atoms with van der Waals surface area (Å²) in [5.74, 6) is 0.411. The Kier molecular flexibility index (Phi) is 5.57. The van der Waals surface area contributed by atoms with Gasteiger partial charge in [-0.15, -0.1) is 11.3 Å². The SMILES string of the molecule is C1COCCN1.COc1ccc2c(c1)CCc1c-2sc(N)c1C(N)=O. The Bertz CT molecular complexity index is 758. The fraction of sp³-hybridized carbons (Fsp3) is 0.389. The molecule has 2 aromatic rings. The molecular formula is C18H23N3O3S. The highest BCUT2D eigenvalue weighted by atomic mass is 32.1. The number of methoxy groups -OCH3 is 1.